The van der Waals surface area contributed by atoms with Gasteiger partial charge in [-0.2, -0.15) is 4.31 Å². The van der Waals surface area contributed by atoms with Gasteiger partial charge in [-0.05, 0) is 57.1 Å². The van der Waals surface area contributed by atoms with Gasteiger partial charge in [0.1, 0.15) is 0 Å². The first-order chi connectivity index (χ1) is 17.6. The van der Waals surface area contributed by atoms with Gasteiger partial charge in [0.25, 0.3) is 5.91 Å². The number of ether oxygens (including phenoxy) is 2. The zero-order chi connectivity index (χ0) is 26.7. The summed E-state index contributed by atoms with van der Waals surface area (Å²) in [5, 5.41) is 0.552. The summed E-state index contributed by atoms with van der Waals surface area (Å²) in [6.07, 6.45) is 1.72. The SMILES string of the molecule is COc1cc2nc(N(CCN(C)C)C(=O)c3ccc(S(=O)(=O)N4CCC(C)CC4)cc3)sc2cc1OC.Cl. The number of hydrogen-bond acceptors (Lipinski definition) is 8. The van der Waals surface area contributed by atoms with Crippen LogP contribution < -0.4 is 14.4 Å². The van der Waals surface area contributed by atoms with E-state index in [9.17, 15) is 13.2 Å². The third-order valence-electron chi connectivity index (χ3n) is 6.61. The van der Waals surface area contributed by atoms with Crippen molar-refractivity contribution in [3.05, 3.63) is 42.0 Å². The van der Waals surface area contributed by atoms with Crippen molar-refractivity contribution in [3.63, 3.8) is 0 Å². The zero-order valence-corrected chi connectivity index (χ0v) is 24.8. The van der Waals surface area contributed by atoms with Gasteiger partial charge in [0.05, 0.1) is 29.3 Å². The second-order valence-corrected chi connectivity index (χ2v) is 12.5. The quantitative estimate of drug-likeness (QED) is 0.370. The Labute approximate surface area is 234 Å². The number of aromatic nitrogens is 1. The van der Waals surface area contributed by atoms with Crippen LogP contribution in [0.15, 0.2) is 41.3 Å². The molecule has 12 heteroatoms. The van der Waals surface area contributed by atoms with E-state index in [1.165, 1.54) is 27.8 Å². The number of halogens is 1. The number of amides is 1. The lowest BCUT2D eigenvalue weighted by Gasteiger charge is -2.29. The van der Waals surface area contributed by atoms with E-state index in [4.69, 9.17) is 14.5 Å². The smallest absolute Gasteiger partial charge is 0.260 e. The third-order valence-corrected chi connectivity index (χ3v) is 9.57. The summed E-state index contributed by atoms with van der Waals surface area (Å²) in [6, 6.07) is 9.87. The lowest BCUT2D eigenvalue weighted by Crippen LogP contribution is -2.38. The monoisotopic (exact) mass is 582 g/mol. The molecule has 0 bridgehead atoms. The first-order valence-corrected chi connectivity index (χ1v) is 14.5. The average Bonchev–Trinajstić information content (AvgIpc) is 3.30. The Bertz CT molecular complexity index is 1310. The van der Waals surface area contributed by atoms with E-state index >= 15 is 0 Å². The fraction of sp³-hybridized carbons (Fsp3) is 0.462. The van der Waals surface area contributed by atoms with Gasteiger partial charge in [0, 0.05) is 43.9 Å². The van der Waals surface area contributed by atoms with E-state index in [2.05, 4.69) is 6.92 Å². The van der Waals surface area contributed by atoms with E-state index in [1.54, 1.807) is 37.3 Å². The molecule has 0 radical (unpaired) electrons. The lowest BCUT2D eigenvalue weighted by atomic mass is 10.0. The van der Waals surface area contributed by atoms with Crippen molar-refractivity contribution in [2.24, 2.45) is 5.92 Å². The molecule has 1 saturated heterocycles. The number of methoxy groups -OCH3 is 2. The average molecular weight is 583 g/mol. The first-order valence-electron chi connectivity index (χ1n) is 12.2. The van der Waals surface area contributed by atoms with Crippen molar-refractivity contribution < 1.29 is 22.7 Å². The molecule has 38 heavy (non-hydrogen) atoms. The summed E-state index contributed by atoms with van der Waals surface area (Å²) in [7, 11) is 3.45. The second kappa shape index (κ2) is 12.6. The summed E-state index contributed by atoms with van der Waals surface area (Å²) in [6.45, 7) is 4.25. The molecule has 1 fully saturated rings. The minimum Gasteiger partial charge on any atom is -0.493 e. The number of anilines is 1. The highest BCUT2D eigenvalue weighted by molar-refractivity contribution is 7.89. The maximum atomic E-state index is 13.6. The van der Waals surface area contributed by atoms with Crippen LogP contribution in [0.4, 0.5) is 5.13 Å². The molecule has 1 aromatic heterocycles. The molecule has 0 saturated carbocycles. The van der Waals surface area contributed by atoms with Gasteiger partial charge in [-0.25, -0.2) is 13.4 Å². The molecule has 1 amide bonds. The van der Waals surface area contributed by atoms with Crippen molar-refractivity contribution >= 4 is 55.0 Å². The Hall–Kier alpha value is -2.44. The van der Waals surface area contributed by atoms with Gasteiger partial charge >= 0.3 is 0 Å². The topological polar surface area (TPSA) is 92.3 Å². The molecule has 2 aromatic carbocycles. The molecule has 2 heterocycles. The molecule has 0 atom stereocenters. The molecule has 1 aliphatic heterocycles. The first kappa shape index (κ1) is 30.1. The Morgan fingerprint density at radius 2 is 1.66 bits per heavy atom. The van der Waals surface area contributed by atoms with Crippen LogP contribution in [0.2, 0.25) is 0 Å². The predicted octanol–water partition coefficient (Wildman–Crippen LogP) is 4.36. The minimum atomic E-state index is -3.58. The molecule has 0 spiro atoms. The number of carbonyl (C=O) groups excluding carboxylic acids is 1. The normalized spacial score (nSPS) is 14.9. The molecule has 1 aliphatic rings. The van der Waals surface area contributed by atoms with Crippen LogP contribution in [0.5, 0.6) is 11.5 Å². The van der Waals surface area contributed by atoms with E-state index in [-0.39, 0.29) is 23.2 Å². The number of likely N-dealkylation sites (N-methyl/N-ethyl adjacent to an activating group) is 1. The number of hydrogen-bond donors (Lipinski definition) is 0. The standard InChI is InChI=1S/C26H34N4O5S2.ClH/c1-18-10-12-29(13-11-18)37(32,33)20-8-6-19(7-9-20)25(31)30(15-14-28(2)3)26-27-21-16-22(34-4)23(35-5)17-24(21)36-26;/h6-9,16-18H,10-15H2,1-5H3;1H. The molecule has 208 valence electrons. The molecule has 0 unspecified atom stereocenters. The Kier molecular flexibility index (Phi) is 9.99. The van der Waals surface area contributed by atoms with Crippen molar-refractivity contribution in [1.29, 1.82) is 0 Å². The fourth-order valence-electron chi connectivity index (χ4n) is 4.24. The van der Waals surface area contributed by atoms with Crippen molar-refractivity contribution in [2.45, 2.75) is 24.7 Å². The van der Waals surface area contributed by atoms with Crippen molar-refractivity contribution in [3.8, 4) is 11.5 Å². The Morgan fingerprint density at radius 3 is 2.24 bits per heavy atom. The van der Waals surface area contributed by atoms with Crippen molar-refractivity contribution in [2.75, 3.05) is 59.4 Å². The van der Waals surface area contributed by atoms with E-state index < -0.39 is 10.0 Å². The number of sulfonamides is 1. The van der Waals surface area contributed by atoms with Gasteiger partial charge in [0.2, 0.25) is 10.0 Å². The maximum absolute atomic E-state index is 13.6. The van der Waals surface area contributed by atoms with Gasteiger partial charge in [-0.1, -0.05) is 18.3 Å². The number of fused-ring (bicyclic) bond motifs is 1. The number of benzene rings is 2. The molecule has 4 rings (SSSR count). The molecule has 3 aromatic rings. The summed E-state index contributed by atoms with van der Waals surface area (Å²) in [5.41, 5.74) is 1.11. The molecule has 0 N–H and O–H groups in total. The minimum absolute atomic E-state index is 0. The number of piperidine rings is 1. The number of nitrogens with zero attached hydrogens (tertiary/aromatic N) is 4. The largest absolute Gasteiger partial charge is 0.493 e. The molecular formula is C26H35ClN4O5S2. The predicted molar refractivity (Wildman–Crippen MR) is 154 cm³/mol. The van der Waals surface area contributed by atoms with Crippen LogP contribution in [0, 0.1) is 5.92 Å². The third kappa shape index (κ3) is 6.40. The summed E-state index contributed by atoms with van der Waals surface area (Å²) in [4.78, 5) is 22.2. The Morgan fingerprint density at radius 1 is 1.05 bits per heavy atom. The summed E-state index contributed by atoms with van der Waals surface area (Å²) >= 11 is 1.39. The van der Waals surface area contributed by atoms with Gasteiger partial charge < -0.3 is 14.4 Å². The van der Waals surface area contributed by atoms with E-state index in [0.29, 0.717) is 59.8 Å². The van der Waals surface area contributed by atoms with E-state index in [1.807, 2.05) is 25.1 Å². The highest BCUT2D eigenvalue weighted by atomic mass is 35.5. The van der Waals surface area contributed by atoms with E-state index in [0.717, 1.165) is 17.5 Å². The molecule has 9 nitrogen and oxygen atoms in total. The summed E-state index contributed by atoms with van der Waals surface area (Å²) in [5.74, 6) is 1.45. The van der Waals surface area contributed by atoms with Crippen LogP contribution >= 0.6 is 23.7 Å². The molecule has 0 aliphatic carbocycles. The van der Waals surface area contributed by atoms with Crippen LogP contribution in [0.25, 0.3) is 10.2 Å². The van der Waals surface area contributed by atoms with Crippen molar-refractivity contribution in [1.82, 2.24) is 14.2 Å². The van der Waals surface area contributed by atoms with Crippen LogP contribution in [0.1, 0.15) is 30.1 Å². The van der Waals surface area contributed by atoms with Crippen LogP contribution in [0.3, 0.4) is 0 Å². The number of carbonyl (C=O) groups is 1. The maximum Gasteiger partial charge on any atom is 0.260 e. The Balaban J connectivity index is 0.00000400. The van der Waals surface area contributed by atoms with Gasteiger partial charge in [-0.15, -0.1) is 12.4 Å². The fourth-order valence-corrected chi connectivity index (χ4v) is 6.71. The van der Waals surface area contributed by atoms with Crippen LogP contribution in [-0.4, -0.2) is 83.0 Å². The summed E-state index contributed by atoms with van der Waals surface area (Å²) < 4.78 is 39.4. The number of thiazole rings is 1. The van der Waals surface area contributed by atoms with Crippen LogP contribution in [-0.2, 0) is 10.0 Å². The molecular weight excluding hydrogens is 548 g/mol. The lowest BCUT2D eigenvalue weighted by molar-refractivity contribution is 0.0985. The highest BCUT2D eigenvalue weighted by Crippen LogP contribution is 2.37. The highest BCUT2D eigenvalue weighted by Gasteiger charge is 2.29. The van der Waals surface area contributed by atoms with Gasteiger partial charge in [-0.3, -0.25) is 9.69 Å². The zero-order valence-electron chi connectivity index (χ0n) is 22.3. The number of rotatable bonds is 9. The van der Waals surface area contributed by atoms with Gasteiger partial charge in [0.15, 0.2) is 16.6 Å². The second-order valence-electron chi connectivity index (χ2n) is 9.54.